The molecule has 4 unspecified atom stereocenters. The number of amides is 2. The maximum atomic E-state index is 12.2. The van der Waals surface area contributed by atoms with E-state index in [1.165, 1.54) is 4.90 Å². The molecule has 0 radical (unpaired) electrons. The first-order valence-electron chi connectivity index (χ1n) is 7.69. The average Bonchev–Trinajstić information content (AvgIpc) is 2.91. The number of alkyl carbamates (subject to hydrolysis) is 1. The van der Waals surface area contributed by atoms with E-state index >= 15 is 0 Å². The van der Waals surface area contributed by atoms with Crippen LogP contribution in [0.3, 0.4) is 0 Å². The number of fused-ring (bicyclic) bond motifs is 1. The van der Waals surface area contributed by atoms with Crippen molar-refractivity contribution in [2.75, 3.05) is 19.8 Å². The number of carbonyl (C=O) groups excluding carboxylic acids is 2. The van der Waals surface area contributed by atoms with E-state index < -0.39 is 42.4 Å². The summed E-state index contributed by atoms with van der Waals surface area (Å²) in [5.41, 5.74) is 0. The molecular formula is C14H24N2O7. The van der Waals surface area contributed by atoms with Crippen molar-refractivity contribution in [1.29, 1.82) is 0 Å². The molecular weight excluding hydrogens is 308 g/mol. The monoisotopic (exact) mass is 332 g/mol. The molecule has 0 saturated carbocycles. The van der Waals surface area contributed by atoms with Crippen molar-refractivity contribution < 1.29 is 33.6 Å². The molecule has 0 bridgehead atoms. The van der Waals surface area contributed by atoms with Gasteiger partial charge in [-0.25, -0.2) is 9.59 Å². The number of rotatable bonds is 4. The Bertz CT molecular complexity index is 456. The van der Waals surface area contributed by atoms with Crippen molar-refractivity contribution in [3.05, 3.63) is 0 Å². The smallest absolute Gasteiger partial charge is 0.411 e. The molecule has 0 aliphatic carbocycles. The van der Waals surface area contributed by atoms with E-state index in [4.69, 9.17) is 18.9 Å². The molecule has 2 rings (SSSR count). The van der Waals surface area contributed by atoms with E-state index in [2.05, 4.69) is 5.32 Å². The molecule has 23 heavy (non-hydrogen) atoms. The Morgan fingerprint density at radius 1 is 1.17 bits per heavy atom. The number of hydrogen-bond acceptors (Lipinski definition) is 7. The van der Waals surface area contributed by atoms with Gasteiger partial charge in [-0.15, -0.1) is 0 Å². The van der Waals surface area contributed by atoms with Crippen molar-refractivity contribution in [2.45, 2.75) is 57.9 Å². The fourth-order valence-corrected chi connectivity index (χ4v) is 2.97. The summed E-state index contributed by atoms with van der Waals surface area (Å²) >= 11 is 0. The molecule has 132 valence electrons. The van der Waals surface area contributed by atoms with Crippen molar-refractivity contribution in [2.24, 2.45) is 0 Å². The van der Waals surface area contributed by atoms with Gasteiger partial charge in [0.05, 0.1) is 25.9 Å². The van der Waals surface area contributed by atoms with Crippen LogP contribution in [0.25, 0.3) is 0 Å². The first-order chi connectivity index (χ1) is 10.8. The van der Waals surface area contributed by atoms with Crippen LogP contribution in [-0.2, 0) is 18.9 Å². The number of ether oxygens (including phenoxy) is 4. The number of aliphatic hydroxyl groups excluding tert-OH is 1. The van der Waals surface area contributed by atoms with Gasteiger partial charge >= 0.3 is 12.2 Å². The van der Waals surface area contributed by atoms with Crippen molar-refractivity contribution in [1.82, 2.24) is 10.2 Å². The lowest BCUT2D eigenvalue weighted by Gasteiger charge is -2.32. The minimum atomic E-state index is -0.877. The number of nitrogens with one attached hydrogen (secondary N) is 1. The van der Waals surface area contributed by atoms with Crippen LogP contribution in [0.1, 0.15) is 27.7 Å². The lowest BCUT2D eigenvalue weighted by atomic mass is 10.1. The zero-order valence-corrected chi connectivity index (χ0v) is 13.8. The van der Waals surface area contributed by atoms with Gasteiger partial charge in [-0.1, -0.05) is 0 Å². The maximum absolute atomic E-state index is 12.2. The van der Waals surface area contributed by atoms with Crippen LogP contribution in [0.4, 0.5) is 9.59 Å². The quantitative estimate of drug-likeness (QED) is 0.768. The van der Waals surface area contributed by atoms with Gasteiger partial charge < -0.3 is 24.1 Å². The molecule has 2 N–H and O–H groups in total. The van der Waals surface area contributed by atoms with Crippen molar-refractivity contribution in [3.63, 3.8) is 0 Å². The summed E-state index contributed by atoms with van der Waals surface area (Å²) in [5.74, 6) is -0.877. The van der Waals surface area contributed by atoms with Gasteiger partial charge in [-0.05, 0) is 27.7 Å². The lowest BCUT2D eigenvalue weighted by molar-refractivity contribution is -0.168. The number of hydrogen-bond donors (Lipinski definition) is 2. The van der Waals surface area contributed by atoms with E-state index in [-0.39, 0.29) is 19.8 Å². The second-order valence-corrected chi connectivity index (χ2v) is 5.73. The van der Waals surface area contributed by atoms with Gasteiger partial charge in [0.1, 0.15) is 18.4 Å². The average molecular weight is 332 g/mol. The second-order valence-electron chi connectivity index (χ2n) is 5.73. The first-order valence-corrected chi connectivity index (χ1v) is 7.69. The largest absolute Gasteiger partial charge is 0.450 e. The molecule has 0 aromatic rings. The third-order valence-electron chi connectivity index (χ3n) is 3.72. The summed E-state index contributed by atoms with van der Waals surface area (Å²) < 4.78 is 21.5. The van der Waals surface area contributed by atoms with Crippen LogP contribution in [0.5, 0.6) is 0 Å². The topological polar surface area (TPSA) is 107 Å². The molecule has 4 atom stereocenters. The number of aliphatic hydroxyl groups is 1. The first kappa shape index (κ1) is 17.8. The molecule has 9 heteroatoms. The number of nitrogens with zero attached hydrogens (tertiary/aromatic N) is 1. The van der Waals surface area contributed by atoms with Gasteiger partial charge in [0, 0.05) is 0 Å². The molecule has 2 aliphatic heterocycles. The van der Waals surface area contributed by atoms with Gasteiger partial charge in [0.25, 0.3) is 0 Å². The Hall–Kier alpha value is -1.58. The van der Waals surface area contributed by atoms with E-state index in [1.807, 2.05) is 0 Å². The highest BCUT2D eigenvalue weighted by Crippen LogP contribution is 2.39. The minimum absolute atomic E-state index is 0.169. The molecule has 2 heterocycles. The lowest BCUT2D eigenvalue weighted by Crippen LogP contribution is -2.55. The highest BCUT2D eigenvalue weighted by atomic mass is 16.8. The van der Waals surface area contributed by atoms with Crippen LogP contribution >= 0.6 is 0 Å². The third kappa shape index (κ3) is 3.51. The van der Waals surface area contributed by atoms with Gasteiger partial charge in [0.2, 0.25) is 0 Å². The SMILES string of the molecule is CCOC(=O)NC1C2OC(C)(C)OC2C(CO)N1C(=O)OCC. The van der Waals surface area contributed by atoms with Crippen molar-refractivity contribution >= 4 is 12.2 Å². The van der Waals surface area contributed by atoms with Crippen LogP contribution in [0.2, 0.25) is 0 Å². The Balaban J connectivity index is 2.26. The zero-order valence-electron chi connectivity index (χ0n) is 13.8. The van der Waals surface area contributed by atoms with Crippen LogP contribution < -0.4 is 5.32 Å². The molecule has 9 nitrogen and oxygen atoms in total. The highest BCUT2D eigenvalue weighted by molar-refractivity contribution is 5.72. The summed E-state index contributed by atoms with van der Waals surface area (Å²) in [6, 6.07) is -0.687. The molecule has 2 fully saturated rings. The molecule has 2 amide bonds. The number of likely N-dealkylation sites (tertiary alicyclic amines) is 1. The molecule has 2 saturated heterocycles. The number of carbonyl (C=O) groups is 2. The summed E-state index contributed by atoms with van der Waals surface area (Å²) in [5, 5.41) is 12.3. The van der Waals surface area contributed by atoms with E-state index in [9.17, 15) is 14.7 Å². The highest BCUT2D eigenvalue weighted by Gasteiger charge is 2.60. The Morgan fingerprint density at radius 3 is 2.35 bits per heavy atom. The second kappa shape index (κ2) is 6.90. The summed E-state index contributed by atoms with van der Waals surface area (Å²) in [4.78, 5) is 25.3. The normalized spacial score (nSPS) is 31.6. The van der Waals surface area contributed by atoms with Gasteiger partial charge in [-0.3, -0.25) is 10.2 Å². The molecule has 2 aliphatic rings. The molecule has 0 spiro atoms. The van der Waals surface area contributed by atoms with Crippen LogP contribution in [0.15, 0.2) is 0 Å². The predicted molar refractivity (Wildman–Crippen MR) is 77.5 cm³/mol. The Labute approximate surface area is 134 Å². The van der Waals surface area contributed by atoms with Crippen LogP contribution in [-0.4, -0.2) is 72.2 Å². The van der Waals surface area contributed by atoms with Gasteiger partial charge in [0.15, 0.2) is 5.79 Å². The summed E-state index contributed by atoms with van der Waals surface area (Å²) in [6.07, 6.45) is -3.40. The van der Waals surface area contributed by atoms with E-state index in [0.29, 0.717) is 0 Å². The standard InChI is InChI=1S/C14H24N2O7/c1-5-20-12(18)15-11-10-9(22-14(3,4)23-10)8(7-17)16(11)13(19)21-6-2/h8-11,17H,5-7H2,1-4H3,(H,15,18). The van der Waals surface area contributed by atoms with Gasteiger partial charge in [-0.2, -0.15) is 0 Å². The fraction of sp³-hybridized carbons (Fsp3) is 0.857. The molecule has 0 aromatic heterocycles. The summed E-state index contributed by atoms with van der Waals surface area (Å²) in [6.45, 7) is 6.83. The minimum Gasteiger partial charge on any atom is -0.450 e. The van der Waals surface area contributed by atoms with E-state index in [0.717, 1.165) is 0 Å². The van der Waals surface area contributed by atoms with E-state index in [1.54, 1.807) is 27.7 Å². The Kier molecular flexibility index (Phi) is 5.33. The Morgan fingerprint density at radius 2 is 1.78 bits per heavy atom. The zero-order chi connectivity index (χ0) is 17.2. The molecule has 0 aromatic carbocycles. The van der Waals surface area contributed by atoms with Crippen LogP contribution in [0, 0.1) is 0 Å². The third-order valence-corrected chi connectivity index (χ3v) is 3.72. The maximum Gasteiger partial charge on any atom is 0.411 e. The predicted octanol–water partition coefficient (Wildman–Crippen LogP) is 0.412. The fourth-order valence-electron chi connectivity index (χ4n) is 2.97. The van der Waals surface area contributed by atoms with Crippen molar-refractivity contribution in [3.8, 4) is 0 Å². The summed E-state index contributed by atoms with van der Waals surface area (Å²) in [7, 11) is 0.